The van der Waals surface area contributed by atoms with Crippen molar-refractivity contribution in [2.75, 3.05) is 7.11 Å². The highest BCUT2D eigenvalue weighted by atomic mass is 16.6. The summed E-state index contributed by atoms with van der Waals surface area (Å²) in [7, 11) is 1.40. The first kappa shape index (κ1) is 8.57. The van der Waals surface area contributed by atoms with Crippen LogP contribution in [0.3, 0.4) is 0 Å². The second-order valence-electron chi connectivity index (χ2n) is 2.45. The molecule has 0 atom stereocenters. The molecule has 2 nitrogen and oxygen atoms in total. The Morgan fingerprint density at radius 3 is 2.67 bits per heavy atom. The molecule has 0 spiro atoms. The lowest BCUT2D eigenvalue weighted by Crippen LogP contribution is -1.87. The molecule has 0 aliphatic carbocycles. The molecule has 0 bridgehead atoms. The molecular weight excluding hydrogens is 152 g/mol. The van der Waals surface area contributed by atoms with Gasteiger partial charge in [0, 0.05) is 6.92 Å². The molecule has 2 heteroatoms. The minimum absolute atomic E-state index is 0.190. The topological polar surface area (TPSA) is 29.5 Å². The fraction of sp³-hybridized carbons (Fsp3) is 0.200. The van der Waals surface area contributed by atoms with E-state index in [9.17, 15) is 0 Å². The van der Waals surface area contributed by atoms with Gasteiger partial charge in [0.05, 0.1) is 18.7 Å². The Hall–Kier alpha value is -1.53. The normalized spacial score (nSPS) is 10.7. The fourth-order valence-electron chi connectivity index (χ4n) is 0.879. The summed E-state index contributed by atoms with van der Waals surface area (Å²) < 4.78 is 4.57. The van der Waals surface area contributed by atoms with Crippen LogP contribution in [0.2, 0.25) is 0 Å². The van der Waals surface area contributed by atoms with Crippen LogP contribution in [0.15, 0.2) is 30.2 Å². The molecule has 1 rings (SSSR count). The van der Waals surface area contributed by atoms with Gasteiger partial charge in [-0.25, -0.2) is 0 Å². The van der Waals surface area contributed by atoms with Gasteiger partial charge in [-0.05, 0) is 18.2 Å². The molecule has 62 valence electrons. The molecule has 0 unspecified atom stereocenters. The largest absolute Gasteiger partial charge is 0.464 e. The number of ether oxygens (including phenoxy) is 1. The average molecular weight is 163 g/mol. The number of rotatable bonds is 2. The van der Waals surface area contributed by atoms with Crippen molar-refractivity contribution in [3.05, 3.63) is 47.4 Å². The van der Waals surface area contributed by atoms with Crippen LogP contribution in [0, 0.1) is 13.0 Å². The quantitative estimate of drug-likeness (QED) is 0.535. The Morgan fingerprint density at radius 1 is 1.42 bits per heavy atom. The summed E-state index contributed by atoms with van der Waals surface area (Å²) in [4.78, 5) is 0. The monoisotopic (exact) mass is 163 g/mol. The average Bonchev–Trinajstić information content (AvgIpc) is 2.09. The van der Waals surface area contributed by atoms with E-state index < -0.39 is 0 Å². The van der Waals surface area contributed by atoms with Gasteiger partial charge >= 0.3 is 5.95 Å². The van der Waals surface area contributed by atoms with Crippen molar-refractivity contribution >= 4 is 0 Å². The Balaban J connectivity index is 2.96. The van der Waals surface area contributed by atoms with Gasteiger partial charge in [-0.3, -0.25) is 0 Å². The zero-order valence-corrected chi connectivity index (χ0v) is 7.16. The number of aryl methyl sites for hydroxylation is 1. The first-order valence-corrected chi connectivity index (χ1v) is 3.66. The molecule has 0 heterocycles. The first-order chi connectivity index (χ1) is 5.74. The van der Waals surface area contributed by atoms with Crippen LogP contribution >= 0.6 is 0 Å². The Bertz CT molecular complexity index is 290. The number of hydrogen-bond acceptors (Lipinski definition) is 2. The van der Waals surface area contributed by atoms with Gasteiger partial charge in [0.15, 0.2) is 5.56 Å². The van der Waals surface area contributed by atoms with Crippen molar-refractivity contribution in [2.24, 2.45) is 0 Å². The number of aliphatic hydroxyl groups excluding tert-OH is 1. The molecule has 12 heavy (non-hydrogen) atoms. The Kier molecular flexibility index (Phi) is 2.67. The Labute approximate surface area is 72.1 Å². The maximum Gasteiger partial charge on any atom is 0.400 e. The van der Waals surface area contributed by atoms with Crippen LogP contribution in [0.5, 0.6) is 0 Å². The van der Waals surface area contributed by atoms with Crippen LogP contribution in [0.25, 0.3) is 0 Å². The van der Waals surface area contributed by atoms with Crippen LogP contribution in [-0.4, -0.2) is 12.2 Å². The second kappa shape index (κ2) is 3.74. The van der Waals surface area contributed by atoms with E-state index in [1.54, 1.807) is 0 Å². The maximum absolute atomic E-state index is 9.02. The Morgan fingerprint density at radius 2 is 2.08 bits per heavy atom. The van der Waals surface area contributed by atoms with E-state index in [0.717, 1.165) is 11.1 Å². The summed E-state index contributed by atoms with van der Waals surface area (Å²) in [6.07, 6.45) is 2.71. The zero-order valence-electron chi connectivity index (χ0n) is 7.16. The van der Waals surface area contributed by atoms with Crippen LogP contribution < -0.4 is 0 Å². The highest BCUT2D eigenvalue weighted by molar-refractivity contribution is 5.30. The van der Waals surface area contributed by atoms with Crippen molar-refractivity contribution in [2.45, 2.75) is 6.92 Å². The van der Waals surface area contributed by atoms with Gasteiger partial charge < -0.3 is 9.84 Å². The molecule has 0 aromatic heterocycles. The molecule has 0 saturated heterocycles. The number of aliphatic hydroxyl groups is 1. The van der Waals surface area contributed by atoms with E-state index in [0.29, 0.717) is 0 Å². The molecule has 1 aromatic carbocycles. The summed E-state index contributed by atoms with van der Waals surface area (Å²) in [6, 6.07) is 7.64. The third-order valence-corrected chi connectivity index (χ3v) is 1.58. The fourth-order valence-corrected chi connectivity index (χ4v) is 0.879. The molecule has 0 fully saturated rings. The van der Waals surface area contributed by atoms with Gasteiger partial charge in [-0.1, -0.05) is 0 Å². The SMILES string of the molecule is COC(O)=[C+]c1ccccc1C. The number of methoxy groups -OCH3 is 1. The van der Waals surface area contributed by atoms with Crippen molar-refractivity contribution < 1.29 is 9.84 Å². The summed E-state index contributed by atoms with van der Waals surface area (Å²) >= 11 is 0. The molecule has 0 saturated carbocycles. The number of hydrogen-bond donors (Lipinski definition) is 1. The van der Waals surface area contributed by atoms with E-state index in [-0.39, 0.29) is 5.95 Å². The van der Waals surface area contributed by atoms with Crippen LogP contribution in [0.4, 0.5) is 0 Å². The number of benzene rings is 1. The lowest BCUT2D eigenvalue weighted by Gasteiger charge is -1.90. The van der Waals surface area contributed by atoms with Crippen molar-refractivity contribution in [3.8, 4) is 0 Å². The summed E-state index contributed by atoms with van der Waals surface area (Å²) in [5.41, 5.74) is 1.90. The van der Waals surface area contributed by atoms with E-state index in [1.165, 1.54) is 7.11 Å². The van der Waals surface area contributed by atoms with Crippen molar-refractivity contribution in [3.63, 3.8) is 0 Å². The summed E-state index contributed by atoms with van der Waals surface area (Å²) in [5, 5.41) is 9.02. The first-order valence-electron chi connectivity index (χ1n) is 3.66. The minimum Gasteiger partial charge on any atom is -0.464 e. The third-order valence-electron chi connectivity index (χ3n) is 1.58. The molecule has 0 aliphatic heterocycles. The maximum atomic E-state index is 9.02. The molecule has 0 amide bonds. The highest BCUT2D eigenvalue weighted by Crippen LogP contribution is 2.08. The minimum atomic E-state index is -0.190. The molecule has 1 N–H and O–H groups in total. The standard InChI is InChI=1S/C10H10O2/c1-8-5-3-4-6-9(8)7-10(11)12-2/h3-6H,1-2H3/p+1. The van der Waals surface area contributed by atoms with E-state index in [4.69, 9.17) is 5.11 Å². The summed E-state index contributed by atoms with van der Waals surface area (Å²) in [5.74, 6) is -0.190. The molecule has 0 radical (unpaired) electrons. The highest BCUT2D eigenvalue weighted by Gasteiger charge is 2.07. The van der Waals surface area contributed by atoms with E-state index >= 15 is 0 Å². The van der Waals surface area contributed by atoms with Crippen molar-refractivity contribution in [1.82, 2.24) is 0 Å². The van der Waals surface area contributed by atoms with Gasteiger partial charge in [-0.2, -0.15) is 0 Å². The lowest BCUT2D eigenvalue weighted by molar-refractivity contribution is 0.134. The van der Waals surface area contributed by atoms with Gasteiger partial charge in [0.25, 0.3) is 0 Å². The van der Waals surface area contributed by atoms with Crippen LogP contribution in [-0.2, 0) is 4.74 Å². The molecular formula is C10H11O2+. The predicted octanol–water partition coefficient (Wildman–Crippen LogP) is 2.19. The summed E-state index contributed by atoms with van der Waals surface area (Å²) in [6.45, 7) is 1.95. The van der Waals surface area contributed by atoms with Crippen molar-refractivity contribution in [1.29, 1.82) is 0 Å². The van der Waals surface area contributed by atoms with E-state index in [2.05, 4.69) is 10.8 Å². The lowest BCUT2D eigenvalue weighted by atomic mass is 10.1. The molecule has 1 aromatic rings. The van der Waals surface area contributed by atoms with Crippen LogP contribution in [0.1, 0.15) is 11.1 Å². The second-order valence-corrected chi connectivity index (χ2v) is 2.45. The van der Waals surface area contributed by atoms with Gasteiger partial charge in [0.2, 0.25) is 0 Å². The predicted molar refractivity (Wildman–Crippen MR) is 46.7 cm³/mol. The smallest absolute Gasteiger partial charge is 0.400 e. The van der Waals surface area contributed by atoms with Gasteiger partial charge in [-0.15, -0.1) is 0 Å². The van der Waals surface area contributed by atoms with Gasteiger partial charge in [0.1, 0.15) is 6.08 Å². The zero-order chi connectivity index (χ0) is 8.97. The van der Waals surface area contributed by atoms with E-state index in [1.807, 2.05) is 31.2 Å². The third kappa shape index (κ3) is 1.97. The molecule has 0 aliphatic rings.